The van der Waals surface area contributed by atoms with E-state index in [9.17, 15) is 4.79 Å². The summed E-state index contributed by atoms with van der Waals surface area (Å²) in [5.74, 6) is 0.654. The van der Waals surface area contributed by atoms with Crippen LogP contribution in [-0.4, -0.2) is 5.97 Å². The molecular formula is C12H8O4. The van der Waals surface area contributed by atoms with Crippen molar-refractivity contribution in [3.05, 3.63) is 36.4 Å². The summed E-state index contributed by atoms with van der Waals surface area (Å²) in [6.45, 7) is 3.55. The molecule has 0 saturated carbocycles. The third-order valence-electron chi connectivity index (χ3n) is 2.44. The van der Waals surface area contributed by atoms with Crippen molar-refractivity contribution in [2.75, 3.05) is 0 Å². The van der Waals surface area contributed by atoms with Gasteiger partial charge in [-0.2, -0.15) is 0 Å². The van der Waals surface area contributed by atoms with Crippen LogP contribution in [0.15, 0.2) is 39.7 Å². The Morgan fingerprint density at radius 3 is 2.81 bits per heavy atom. The highest BCUT2D eigenvalue weighted by Gasteiger charge is 2.16. The molecule has 4 heteroatoms. The molecule has 0 aliphatic rings. The Labute approximate surface area is 90.4 Å². The van der Waals surface area contributed by atoms with Gasteiger partial charge in [-0.1, -0.05) is 12.6 Å². The number of carbonyl (C=O) groups is 1. The number of rotatable bonds is 3. The van der Waals surface area contributed by atoms with E-state index in [1.54, 1.807) is 0 Å². The lowest BCUT2D eigenvalue weighted by Gasteiger charge is -2.01. The van der Waals surface area contributed by atoms with Gasteiger partial charge < -0.3 is 13.6 Å². The van der Waals surface area contributed by atoms with Crippen molar-refractivity contribution in [1.29, 1.82) is 0 Å². The molecule has 4 aromatic rings. The smallest absolute Gasteiger partial charge is 0.330 e. The van der Waals surface area contributed by atoms with Gasteiger partial charge in [-0.3, -0.25) is 0 Å². The van der Waals surface area contributed by atoms with Gasteiger partial charge in [0.2, 0.25) is 0 Å². The van der Waals surface area contributed by atoms with Crippen molar-refractivity contribution in [3.63, 3.8) is 0 Å². The van der Waals surface area contributed by atoms with Crippen molar-refractivity contribution in [3.8, 4) is 0 Å². The molecule has 1 aromatic carbocycles. The first-order valence-corrected chi connectivity index (χ1v) is 4.80. The second kappa shape index (κ2) is 3.13. The molecule has 16 heavy (non-hydrogen) atoms. The third-order valence-corrected chi connectivity index (χ3v) is 2.44. The molecule has 4 nitrogen and oxygen atoms in total. The van der Waals surface area contributed by atoms with Crippen molar-refractivity contribution >= 4 is 28.3 Å². The summed E-state index contributed by atoms with van der Waals surface area (Å²) in [6.07, 6.45) is 1.14. The average molecular weight is 216 g/mol. The van der Waals surface area contributed by atoms with Crippen LogP contribution >= 0.6 is 0 Å². The quantitative estimate of drug-likeness (QED) is 0.499. The maximum Gasteiger partial charge on any atom is 0.330 e. The maximum absolute atomic E-state index is 10.9. The van der Waals surface area contributed by atoms with Crippen LogP contribution in [-0.2, 0) is 16.1 Å². The third kappa shape index (κ3) is 1.20. The molecule has 0 fully saturated rings. The van der Waals surface area contributed by atoms with Crippen LogP contribution < -0.4 is 0 Å². The molecule has 2 bridgehead atoms. The van der Waals surface area contributed by atoms with E-state index in [4.69, 9.17) is 13.6 Å². The predicted octanol–water partition coefficient (Wildman–Crippen LogP) is 2.85. The summed E-state index contributed by atoms with van der Waals surface area (Å²) in [5.41, 5.74) is 0.891. The summed E-state index contributed by atoms with van der Waals surface area (Å²) >= 11 is 0. The molecule has 0 spiro atoms. The van der Waals surface area contributed by atoms with E-state index in [0.29, 0.717) is 11.6 Å². The van der Waals surface area contributed by atoms with Gasteiger partial charge in [0.15, 0.2) is 0 Å². The molecule has 0 aliphatic heterocycles. The molecule has 0 saturated heterocycles. The van der Waals surface area contributed by atoms with Crippen LogP contribution in [0.25, 0.3) is 22.3 Å². The minimum absolute atomic E-state index is 0.223. The largest absolute Gasteiger partial charge is 0.458 e. The Morgan fingerprint density at radius 2 is 2.06 bits per heavy atom. The first-order chi connectivity index (χ1) is 7.78. The summed E-state index contributed by atoms with van der Waals surface area (Å²) in [4.78, 5) is 10.9. The standard InChI is InChI=1S/C12H8O4/c1-2-10(13)14-6-7-3-4-8-9(5-7)12-15-11(8)16-12/h2-5H,1,6H2. The van der Waals surface area contributed by atoms with Gasteiger partial charge in [-0.25, -0.2) is 4.79 Å². The molecule has 0 radical (unpaired) electrons. The predicted molar refractivity (Wildman–Crippen MR) is 57.2 cm³/mol. The number of benzene rings is 1. The van der Waals surface area contributed by atoms with Crippen molar-refractivity contribution in [1.82, 2.24) is 0 Å². The van der Waals surface area contributed by atoms with Crippen LogP contribution in [0.2, 0.25) is 0 Å². The molecule has 4 rings (SSSR count). The number of furan rings is 2. The van der Waals surface area contributed by atoms with Gasteiger partial charge in [0, 0.05) is 6.08 Å². The van der Waals surface area contributed by atoms with E-state index >= 15 is 0 Å². The van der Waals surface area contributed by atoms with Gasteiger partial charge >= 0.3 is 17.5 Å². The molecule has 80 valence electrons. The Bertz CT molecular complexity index is 643. The lowest BCUT2D eigenvalue weighted by molar-refractivity contribution is -0.138. The highest BCUT2D eigenvalue weighted by atomic mass is 16.6. The minimum Gasteiger partial charge on any atom is -0.458 e. The van der Waals surface area contributed by atoms with E-state index in [-0.39, 0.29) is 6.61 Å². The maximum atomic E-state index is 10.9. The van der Waals surface area contributed by atoms with E-state index in [1.807, 2.05) is 18.2 Å². The van der Waals surface area contributed by atoms with Crippen LogP contribution in [0.3, 0.4) is 0 Å². The molecule has 0 unspecified atom stereocenters. The van der Waals surface area contributed by atoms with Crippen LogP contribution in [0.5, 0.6) is 0 Å². The zero-order valence-corrected chi connectivity index (χ0v) is 8.36. The number of hydrogen-bond acceptors (Lipinski definition) is 4. The molecule has 3 heterocycles. The molecule has 3 aromatic heterocycles. The van der Waals surface area contributed by atoms with Crippen molar-refractivity contribution in [2.45, 2.75) is 6.61 Å². The molecular weight excluding hydrogens is 208 g/mol. The lowest BCUT2D eigenvalue weighted by atomic mass is 10.1. The van der Waals surface area contributed by atoms with Crippen molar-refractivity contribution < 1.29 is 18.4 Å². The number of ether oxygens (including phenoxy) is 1. The summed E-state index contributed by atoms with van der Waals surface area (Å²) < 4.78 is 15.3. The zero-order valence-electron chi connectivity index (χ0n) is 8.36. The van der Waals surface area contributed by atoms with Crippen LogP contribution in [0.1, 0.15) is 5.56 Å². The van der Waals surface area contributed by atoms with Gasteiger partial charge in [-0.15, -0.1) is 0 Å². The first kappa shape index (κ1) is 9.03. The average Bonchev–Trinajstić information content (AvgIpc) is 2.77. The first-order valence-electron chi connectivity index (χ1n) is 4.80. The lowest BCUT2D eigenvalue weighted by Crippen LogP contribution is -1.99. The van der Waals surface area contributed by atoms with Gasteiger partial charge in [0.05, 0.1) is 10.8 Å². The second-order valence-corrected chi connectivity index (χ2v) is 3.47. The van der Waals surface area contributed by atoms with Gasteiger partial charge in [-0.05, 0) is 17.7 Å². The number of carbonyl (C=O) groups excluding carboxylic acids is 1. The van der Waals surface area contributed by atoms with E-state index in [1.165, 1.54) is 0 Å². The number of hydrogen-bond donors (Lipinski definition) is 0. The Kier molecular flexibility index (Phi) is 1.77. The summed E-state index contributed by atoms with van der Waals surface area (Å²) in [5, 5.41) is 1.87. The zero-order chi connectivity index (χ0) is 11.1. The van der Waals surface area contributed by atoms with E-state index in [0.717, 1.165) is 22.4 Å². The molecule has 0 atom stereocenters. The molecule has 0 amide bonds. The van der Waals surface area contributed by atoms with Gasteiger partial charge in [0.25, 0.3) is 0 Å². The molecule has 0 aliphatic carbocycles. The van der Waals surface area contributed by atoms with Crippen molar-refractivity contribution in [2.24, 2.45) is 0 Å². The van der Waals surface area contributed by atoms with E-state index in [2.05, 4.69) is 6.58 Å². The minimum atomic E-state index is -0.431. The van der Waals surface area contributed by atoms with Crippen LogP contribution in [0, 0.1) is 0 Å². The SMILES string of the molecule is C=CC(=O)OCc1ccc2c3oc(o3)c2c1. The summed E-state index contributed by atoms with van der Waals surface area (Å²) in [7, 11) is 0. The Balaban J connectivity index is 1.88. The number of esters is 1. The fourth-order valence-electron chi connectivity index (χ4n) is 1.64. The normalized spacial score (nSPS) is 11.2. The summed E-state index contributed by atoms with van der Waals surface area (Å²) in [6, 6.07) is 5.65. The monoisotopic (exact) mass is 216 g/mol. The Hall–Kier alpha value is -2.23. The van der Waals surface area contributed by atoms with Crippen LogP contribution in [0.4, 0.5) is 0 Å². The molecule has 0 N–H and O–H groups in total. The highest BCUT2D eigenvalue weighted by Crippen LogP contribution is 2.35. The second-order valence-electron chi connectivity index (χ2n) is 3.47. The topological polar surface area (TPSA) is 52.6 Å². The fraction of sp³-hybridized carbons (Fsp3) is 0.0833. The van der Waals surface area contributed by atoms with E-state index < -0.39 is 5.97 Å². The fourth-order valence-corrected chi connectivity index (χ4v) is 1.64. The highest BCUT2D eigenvalue weighted by molar-refractivity contribution is 6.04. The Morgan fingerprint density at radius 1 is 1.31 bits per heavy atom. The van der Waals surface area contributed by atoms with Gasteiger partial charge in [0.1, 0.15) is 6.61 Å².